The van der Waals surface area contributed by atoms with E-state index in [9.17, 15) is 21.6 Å². The Bertz CT molecular complexity index is 1640. The number of benzene rings is 3. The van der Waals surface area contributed by atoms with Crippen molar-refractivity contribution in [3.8, 4) is 0 Å². The van der Waals surface area contributed by atoms with Crippen LogP contribution in [0.1, 0.15) is 23.6 Å². The van der Waals surface area contributed by atoms with Crippen LogP contribution in [0.4, 0.5) is 0 Å². The van der Waals surface area contributed by atoms with E-state index in [1.807, 2.05) is 13.8 Å². The number of carbonyl (C=O) groups excluding carboxylic acids is 1. The lowest BCUT2D eigenvalue weighted by Gasteiger charge is -2.17. The molecule has 10 heteroatoms. The number of para-hydroxylation sites is 1. The van der Waals surface area contributed by atoms with Crippen LogP contribution >= 0.6 is 0 Å². The van der Waals surface area contributed by atoms with Crippen molar-refractivity contribution in [2.75, 3.05) is 6.61 Å². The molecule has 0 saturated carbocycles. The van der Waals surface area contributed by atoms with E-state index in [4.69, 9.17) is 4.74 Å². The first-order chi connectivity index (χ1) is 17.5. The Hall–Kier alpha value is -3.47. The van der Waals surface area contributed by atoms with Gasteiger partial charge in [0, 0.05) is 18.0 Å². The first-order valence-corrected chi connectivity index (χ1v) is 14.6. The number of sulfonamides is 1. The van der Waals surface area contributed by atoms with Crippen LogP contribution in [0.2, 0.25) is 0 Å². The fraction of sp³-hybridized carbons (Fsp3) is 0.222. The zero-order valence-corrected chi connectivity index (χ0v) is 22.3. The number of rotatable bonds is 9. The molecule has 0 aliphatic heterocycles. The molecule has 4 aromatic rings. The van der Waals surface area contributed by atoms with Crippen molar-refractivity contribution in [1.82, 2.24) is 8.69 Å². The zero-order valence-electron chi connectivity index (χ0n) is 20.7. The molecule has 8 nitrogen and oxygen atoms in total. The van der Waals surface area contributed by atoms with E-state index in [1.54, 1.807) is 55.5 Å². The molecule has 37 heavy (non-hydrogen) atoms. The molecule has 4 rings (SSSR count). The van der Waals surface area contributed by atoms with Crippen LogP contribution < -0.4 is 4.72 Å². The SMILES string of the molecule is CCOC(=O)C(Cc1cn(S(=O)(=O)c2ccc(C)cc2)c2ccccc12)NS(=O)(=O)c1ccc(C)cc1. The zero-order chi connectivity index (χ0) is 26.8. The van der Waals surface area contributed by atoms with E-state index in [0.29, 0.717) is 16.5 Å². The minimum Gasteiger partial charge on any atom is -0.465 e. The molecule has 0 bridgehead atoms. The summed E-state index contributed by atoms with van der Waals surface area (Å²) in [5.41, 5.74) is 2.72. The van der Waals surface area contributed by atoms with Gasteiger partial charge in [0.05, 0.1) is 21.9 Å². The van der Waals surface area contributed by atoms with E-state index < -0.39 is 32.1 Å². The molecule has 0 radical (unpaired) electrons. The van der Waals surface area contributed by atoms with Crippen molar-refractivity contribution in [2.24, 2.45) is 0 Å². The first kappa shape index (κ1) is 26.6. The van der Waals surface area contributed by atoms with Crippen LogP contribution in [0.5, 0.6) is 0 Å². The summed E-state index contributed by atoms with van der Waals surface area (Å²) in [6.45, 7) is 5.40. The van der Waals surface area contributed by atoms with Gasteiger partial charge in [-0.2, -0.15) is 4.72 Å². The standard InChI is InChI=1S/C27H28N2O6S2/c1-4-35-27(30)25(28-36(31,32)22-13-9-19(2)10-14-22)17-21-18-29(26-8-6-5-7-24(21)26)37(33,34)23-15-11-20(3)12-16-23/h5-16,18,25,28H,4,17H2,1-3H3. The summed E-state index contributed by atoms with van der Waals surface area (Å²) >= 11 is 0. The molecular formula is C27H28N2O6S2. The predicted octanol–water partition coefficient (Wildman–Crippen LogP) is 3.95. The number of aromatic nitrogens is 1. The van der Waals surface area contributed by atoms with Gasteiger partial charge in [0.1, 0.15) is 6.04 Å². The fourth-order valence-corrected chi connectivity index (χ4v) is 6.59. The quantitative estimate of drug-likeness (QED) is 0.322. The number of carbonyl (C=O) groups is 1. The van der Waals surface area contributed by atoms with E-state index in [0.717, 1.165) is 11.1 Å². The maximum atomic E-state index is 13.5. The second-order valence-corrected chi connectivity index (χ2v) is 12.3. The van der Waals surface area contributed by atoms with Gasteiger partial charge in [0.15, 0.2) is 0 Å². The highest BCUT2D eigenvalue weighted by molar-refractivity contribution is 7.90. The number of fused-ring (bicyclic) bond motifs is 1. The van der Waals surface area contributed by atoms with Crippen molar-refractivity contribution in [1.29, 1.82) is 0 Å². The number of nitrogens with one attached hydrogen (secondary N) is 1. The second kappa shape index (κ2) is 10.5. The molecule has 1 N–H and O–H groups in total. The third kappa shape index (κ3) is 5.61. The normalized spacial score (nSPS) is 12.9. The van der Waals surface area contributed by atoms with Crippen LogP contribution in [0.15, 0.2) is 88.8 Å². The smallest absolute Gasteiger partial charge is 0.324 e. The summed E-state index contributed by atoms with van der Waals surface area (Å²) in [4.78, 5) is 13.0. The molecule has 1 unspecified atom stereocenters. The summed E-state index contributed by atoms with van der Waals surface area (Å²) < 4.78 is 61.9. The van der Waals surface area contributed by atoms with E-state index in [1.165, 1.54) is 34.4 Å². The maximum Gasteiger partial charge on any atom is 0.324 e. The summed E-state index contributed by atoms with van der Waals surface area (Å²) in [7, 11) is -8.01. The van der Waals surface area contributed by atoms with E-state index >= 15 is 0 Å². The van der Waals surface area contributed by atoms with Crippen LogP contribution in [0.25, 0.3) is 10.9 Å². The van der Waals surface area contributed by atoms with Gasteiger partial charge in [0.2, 0.25) is 10.0 Å². The van der Waals surface area contributed by atoms with Crippen molar-refractivity contribution >= 4 is 36.9 Å². The third-order valence-corrected chi connectivity index (χ3v) is 9.14. The Morgan fingerprint density at radius 3 is 2.03 bits per heavy atom. The fourth-order valence-electron chi connectivity index (χ4n) is 4.01. The average Bonchev–Trinajstić information content (AvgIpc) is 3.23. The highest BCUT2D eigenvalue weighted by Crippen LogP contribution is 2.27. The largest absolute Gasteiger partial charge is 0.465 e. The van der Waals surface area contributed by atoms with Gasteiger partial charge >= 0.3 is 5.97 Å². The molecule has 0 aliphatic carbocycles. The molecular weight excluding hydrogens is 512 g/mol. The van der Waals surface area contributed by atoms with E-state index in [-0.39, 0.29) is 22.8 Å². The Balaban J connectivity index is 1.76. The Morgan fingerprint density at radius 1 is 0.865 bits per heavy atom. The lowest BCUT2D eigenvalue weighted by molar-refractivity contribution is -0.145. The van der Waals surface area contributed by atoms with Crippen LogP contribution in [0.3, 0.4) is 0 Å². The highest BCUT2D eigenvalue weighted by atomic mass is 32.2. The maximum absolute atomic E-state index is 13.5. The minimum atomic E-state index is -4.06. The Morgan fingerprint density at radius 2 is 1.43 bits per heavy atom. The average molecular weight is 541 g/mol. The molecule has 194 valence electrons. The highest BCUT2D eigenvalue weighted by Gasteiger charge is 2.29. The van der Waals surface area contributed by atoms with Crippen LogP contribution in [-0.2, 0) is 36.0 Å². The van der Waals surface area contributed by atoms with E-state index in [2.05, 4.69) is 4.72 Å². The Kier molecular flexibility index (Phi) is 7.54. The number of hydrogen-bond acceptors (Lipinski definition) is 6. The summed E-state index contributed by atoms with van der Waals surface area (Å²) in [5, 5.41) is 0.585. The van der Waals surface area contributed by atoms with Gasteiger partial charge in [-0.1, -0.05) is 53.6 Å². The van der Waals surface area contributed by atoms with Crippen LogP contribution in [0, 0.1) is 13.8 Å². The number of ether oxygens (including phenoxy) is 1. The molecule has 1 heterocycles. The molecule has 0 fully saturated rings. The van der Waals surface area contributed by atoms with Crippen molar-refractivity contribution in [3.05, 3.63) is 95.7 Å². The minimum absolute atomic E-state index is 0.0109. The van der Waals surface area contributed by atoms with Gasteiger partial charge in [-0.25, -0.2) is 20.8 Å². The molecule has 0 aliphatic rings. The predicted molar refractivity (Wildman–Crippen MR) is 141 cm³/mol. The van der Waals surface area contributed by atoms with Crippen molar-refractivity contribution < 1.29 is 26.4 Å². The Labute approximate surface area is 217 Å². The molecule has 1 aromatic heterocycles. The molecule has 1 atom stereocenters. The number of nitrogens with zero attached hydrogens (tertiary/aromatic N) is 1. The van der Waals surface area contributed by atoms with Crippen molar-refractivity contribution in [3.63, 3.8) is 0 Å². The molecule has 0 spiro atoms. The first-order valence-electron chi connectivity index (χ1n) is 11.7. The second-order valence-electron chi connectivity index (χ2n) is 8.73. The number of aryl methyl sites for hydroxylation is 2. The van der Waals surface area contributed by atoms with Gasteiger partial charge < -0.3 is 4.74 Å². The third-order valence-electron chi connectivity index (χ3n) is 5.96. The molecule has 3 aromatic carbocycles. The summed E-state index contributed by atoms with van der Waals surface area (Å²) in [6.07, 6.45) is 1.33. The topological polar surface area (TPSA) is 112 Å². The van der Waals surface area contributed by atoms with Gasteiger partial charge in [0.25, 0.3) is 10.0 Å². The lowest BCUT2D eigenvalue weighted by atomic mass is 10.1. The number of hydrogen-bond donors (Lipinski definition) is 1. The monoisotopic (exact) mass is 540 g/mol. The van der Waals surface area contributed by atoms with Gasteiger partial charge in [-0.05, 0) is 56.7 Å². The lowest BCUT2D eigenvalue weighted by Crippen LogP contribution is -2.43. The van der Waals surface area contributed by atoms with Gasteiger partial charge in [-0.15, -0.1) is 0 Å². The number of esters is 1. The summed E-state index contributed by atoms with van der Waals surface area (Å²) in [5.74, 6) is -0.753. The van der Waals surface area contributed by atoms with Crippen molar-refractivity contribution in [2.45, 2.75) is 43.0 Å². The van der Waals surface area contributed by atoms with Gasteiger partial charge in [-0.3, -0.25) is 4.79 Å². The molecule has 0 amide bonds. The van der Waals surface area contributed by atoms with Crippen LogP contribution in [-0.4, -0.2) is 39.4 Å². The summed E-state index contributed by atoms with van der Waals surface area (Å²) in [6, 6.07) is 18.4. The molecule has 0 saturated heterocycles.